The van der Waals surface area contributed by atoms with E-state index >= 15 is 0 Å². The monoisotopic (exact) mass is 183 g/mol. The molecule has 1 heterocycles. The highest BCUT2D eigenvalue weighted by Crippen LogP contribution is 2.41. The van der Waals surface area contributed by atoms with Crippen molar-refractivity contribution in [1.29, 1.82) is 0 Å². The Morgan fingerprint density at radius 1 is 1.58 bits per heavy atom. The van der Waals surface area contributed by atoms with Gasteiger partial charge < -0.3 is 4.98 Å². The van der Waals surface area contributed by atoms with Gasteiger partial charge >= 0.3 is 0 Å². The fraction of sp³-hybridized carbons (Fsp3) is 0.444. The Balaban J connectivity index is 2.54. The SMILES string of the molecule is Cc1[nH]c(=O)c(Cl)cc1C1CC1. The van der Waals surface area contributed by atoms with E-state index < -0.39 is 0 Å². The normalized spacial score (nSPS) is 16.5. The predicted octanol–water partition coefficient (Wildman–Crippen LogP) is 2.21. The lowest BCUT2D eigenvalue weighted by molar-refractivity contribution is 1.02. The van der Waals surface area contributed by atoms with E-state index in [-0.39, 0.29) is 5.56 Å². The van der Waals surface area contributed by atoms with Crippen LogP contribution in [0, 0.1) is 6.92 Å². The number of aromatic nitrogens is 1. The number of H-pyrrole nitrogens is 1. The van der Waals surface area contributed by atoms with Gasteiger partial charge in [0.25, 0.3) is 5.56 Å². The molecule has 12 heavy (non-hydrogen) atoms. The van der Waals surface area contributed by atoms with Crippen molar-refractivity contribution in [2.75, 3.05) is 0 Å². The van der Waals surface area contributed by atoms with Crippen molar-refractivity contribution in [1.82, 2.24) is 4.98 Å². The van der Waals surface area contributed by atoms with E-state index in [2.05, 4.69) is 4.98 Å². The van der Waals surface area contributed by atoms with Gasteiger partial charge in [0.15, 0.2) is 0 Å². The molecule has 1 aromatic rings. The molecule has 1 aromatic heterocycles. The summed E-state index contributed by atoms with van der Waals surface area (Å²) in [6.45, 7) is 1.92. The molecule has 0 aliphatic heterocycles. The lowest BCUT2D eigenvalue weighted by Gasteiger charge is -2.02. The van der Waals surface area contributed by atoms with E-state index in [0.29, 0.717) is 10.9 Å². The van der Waals surface area contributed by atoms with Crippen molar-refractivity contribution in [3.8, 4) is 0 Å². The summed E-state index contributed by atoms with van der Waals surface area (Å²) in [6.07, 6.45) is 2.45. The molecular weight excluding hydrogens is 174 g/mol. The zero-order valence-electron chi connectivity index (χ0n) is 6.86. The van der Waals surface area contributed by atoms with Crippen molar-refractivity contribution in [2.45, 2.75) is 25.7 Å². The van der Waals surface area contributed by atoms with Gasteiger partial charge in [-0.25, -0.2) is 0 Å². The highest BCUT2D eigenvalue weighted by molar-refractivity contribution is 6.30. The van der Waals surface area contributed by atoms with Gasteiger partial charge in [0.05, 0.1) is 0 Å². The number of aryl methyl sites for hydroxylation is 1. The summed E-state index contributed by atoms with van der Waals surface area (Å²) in [6, 6.07) is 1.80. The molecule has 0 bridgehead atoms. The number of halogens is 1. The first-order valence-electron chi connectivity index (χ1n) is 4.08. The summed E-state index contributed by atoms with van der Waals surface area (Å²) in [7, 11) is 0. The summed E-state index contributed by atoms with van der Waals surface area (Å²) in [5.41, 5.74) is 1.99. The Kier molecular flexibility index (Phi) is 1.72. The second-order valence-electron chi connectivity index (χ2n) is 3.30. The van der Waals surface area contributed by atoms with E-state index in [9.17, 15) is 4.79 Å². The van der Waals surface area contributed by atoms with Crippen molar-refractivity contribution in [3.05, 3.63) is 32.7 Å². The Labute approximate surface area is 75.6 Å². The fourth-order valence-electron chi connectivity index (χ4n) is 1.43. The van der Waals surface area contributed by atoms with Crippen LogP contribution in [0.2, 0.25) is 5.02 Å². The van der Waals surface area contributed by atoms with Gasteiger partial charge in [-0.1, -0.05) is 11.6 Å². The van der Waals surface area contributed by atoms with Gasteiger partial charge in [0.1, 0.15) is 5.02 Å². The molecule has 2 rings (SSSR count). The van der Waals surface area contributed by atoms with Crippen LogP contribution in [0.25, 0.3) is 0 Å². The summed E-state index contributed by atoms with van der Waals surface area (Å²) in [5.74, 6) is 0.638. The molecule has 2 nitrogen and oxygen atoms in total. The number of hydrogen-bond donors (Lipinski definition) is 1. The minimum Gasteiger partial charge on any atom is -0.325 e. The number of rotatable bonds is 1. The maximum Gasteiger partial charge on any atom is 0.266 e. The van der Waals surface area contributed by atoms with E-state index in [4.69, 9.17) is 11.6 Å². The van der Waals surface area contributed by atoms with Crippen LogP contribution in [0.5, 0.6) is 0 Å². The van der Waals surface area contributed by atoms with Crippen LogP contribution in [0.15, 0.2) is 10.9 Å². The molecule has 3 heteroatoms. The van der Waals surface area contributed by atoms with Gasteiger partial charge in [0, 0.05) is 5.69 Å². The van der Waals surface area contributed by atoms with Crippen LogP contribution in [0.1, 0.15) is 30.0 Å². The Hall–Kier alpha value is -0.760. The quantitative estimate of drug-likeness (QED) is 0.712. The van der Waals surface area contributed by atoms with E-state index in [0.717, 1.165) is 5.69 Å². The molecule has 1 saturated carbocycles. The number of pyridine rings is 1. The smallest absolute Gasteiger partial charge is 0.266 e. The van der Waals surface area contributed by atoms with Crippen LogP contribution in [0.3, 0.4) is 0 Å². The molecule has 0 unspecified atom stereocenters. The molecule has 0 radical (unpaired) electrons. The minimum atomic E-state index is -0.182. The molecule has 1 N–H and O–H groups in total. The second kappa shape index (κ2) is 2.63. The van der Waals surface area contributed by atoms with Gasteiger partial charge in [-0.15, -0.1) is 0 Å². The topological polar surface area (TPSA) is 32.9 Å². The van der Waals surface area contributed by atoms with Crippen LogP contribution >= 0.6 is 11.6 Å². The lowest BCUT2D eigenvalue weighted by Crippen LogP contribution is -2.09. The standard InChI is InChI=1S/C9H10ClNO/c1-5-7(6-2-3-6)4-8(10)9(12)11-5/h4,6H,2-3H2,1H3,(H,11,12). The molecule has 0 spiro atoms. The third-order valence-corrected chi connectivity index (χ3v) is 2.53. The van der Waals surface area contributed by atoms with Crippen molar-refractivity contribution in [2.24, 2.45) is 0 Å². The highest BCUT2D eigenvalue weighted by Gasteiger charge is 2.25. The zero-order chi connectivity index (χ0) is 8.72. The van der Waals surface area contributed by atoms with Crippen LogP contribution < -0.4 is 5.56 Å². The molecule has 0 saturated heterocycles. The third-order valence-electron chi connectivity index (χ3n) is 2.25. The Morgan fingerprint density at radius 3 is 2.83 bits per heavy atom. The first-order valence-corrected chi connectivity index (χ1v) is 4.45. The average molecular weight is 184 g/mol. The van der Waals surface area contributed by atoms with Crippen molar-refractivity contribution < 1.29 is 0 Å². The minimum absolute atomic E-state index is 0.182. The molecule has 0 atom stereocenters. The fourth-order valence-corrected chi connectivity index (χ4v) is 1.60. The molecular formula is C9H10ClNO. The molecule has 0 aromatic carbocycles. The Bertz CT molecular complexity index is 365. The highest BCUT2D eigenvalue weighted by atomic mass is 35.5. The maximum atomic E-state index is 11.0. The molecule has 64 valence electrons. The van der Waals surface area contributed by atoms with E-state index in [1.807, 2.05) is 6.92 Å². The molecule has 1 aliphatic carbocycles. The van der Waals surface area contributed by atoms with Crippen molar-refractivity contribution >= 4 is 11.6 Å². The van der Waals surface area contributed by atoms with Gasteiger partial charge in [-0.05, 0) is 37.3 Å². The number of aromatic amines is 1. The zero-order valence-corrected chi connectivity index (χ0v) is 7.61. The summed E-state index contributed by atoms with van der Waals surface area (Å²) in [4.78, 5) is 13.8. The summed E-state index contributed by atoms with van der Waals surface area (Å²) in [5, 5.41) is 0.308. The molecule has 1 aliphatic rings. The number of hydrogen-bond acceptors (Lipinski definition) is 1. The predicted molar refractivity (Wildman–Crippen MR) is 48.8 cm³/mol. The second-order valence-corrected chi connectivity index (χ2v) is 3.71. The average Bonchev–Trinajstić information content (AvgIpc) is 2.79. The van der Waals surface area contributed by atoms with Crippen LogP contribution in [0.4, 0.5) is 0 Å². The third kappa shape index (κ3) is 1.27. The van der Waals surface area contributed by atoms with Crippen LogP contribution in [-0.4, -0.2) is 4.98 Å². The summed E-state index contributed by atoms with van der Waals surface area (Å²) >= 11 is 5.71. The van der Waals surface area contributed by atoms with Gasteiger partial charge in [-0.2, -0.15) is 0 Å². The first kappa shape index (κ1) is 7.87. The van der Waals surface area contributed by atoms with Crippen LogP contribution in [-0.2, 0) is 0 Å². The first-order chi connectivity index (χ1) is 5.68. The van der Waals surface area contributed by atoms with Gasteiger partial charge in [-0.3, -0.25) is 4.79 Å². The van der Waals surface area contributed by atoms with Crippen molar-refractivity contribution in [3.63, 3.8) is 0 Å². The number of nitrogens with one attached hydrogen (secondary N) is 1. The molecule has 1 fully saturated rings. The lowest BCUT2D eigenvalue weighted by atomic mass is 10.1. The van der Waals surface area contributed by atoms with E-state index in [1.54, 1.807) is 6.07 Å². The maximum absolute atomic E-state index is 11.0. The van der Waals surface area contributed by atoms with E-state index in [1.165, 1.54) is 18.4 Å². The summed E-state index contributed by atoms with van der Waals surface area (Å²) < 4.78 is 0. The Morgan fingerprint density at radius 2 is 2.25 bits per heavy atom. The molecule has 0 amide bonds. The van der Waals surface area contributed by atoms with Gasteiger partial charge in [0.2, 0.25) is 0 Å². The largest absolute Gasteiger partial charge is 0.325 e.